The van der Waals surface area contributed by atoms with E-state index in [0.29, 0.717) is 12.5 Å². The second-order valence-electron chi connectivity index (χ2n) is 6.64. The minimum atomic E-state index is -0.0587. The summed E-state index contributed by atoms with van der Waals surface area (Å²) in [5, 5.41) is 2.11. The summed E-state index contributed by atoms with van der Waals surface area (Å²) in [6.45, 7) is 4.38. The van der Waals surface area contributed by atoms with Gasteiger partial charge in [-0.15, -0.1) is 11.3 Å². The number of aryl methyl sites for hydroxylation is 1. The number of fused-ring (bicyclic) bond motifs is 1. The van der Waals surface area contributed by atoms with E-state index in [1.807, 2.05) is 24.2 Å². The lowest BCUT2D eigenvalue weighted by molar-refractivity contribution is -0.136. The summed E-state index contributed by atoms with van der Waals surface area (Å²) < 4.78 is 8.09. The van der Waals surface area contributed by atoms with E-state index >= 15 is 0 Å². The van der Waals surface area contributed by atoms with E-state index in [1.54, 1.807) is 11.3 Å². The lowest BCUT2D eigenvalue weighted by Gasteiger charge is -2.35. The van der Waals surface area contributed by atoms with Crippen molar-refractivity contribution in [2.45, 2.75) is 44.8 Å². The molecule has 2 atom stereocenters. The van der Waals surface area contributed by atoms with Gasteiger partial charge >= 0.3 is 0 Å². The Morgan fingerprint density at radius 3 is 3.25 bits per heavy atom. The molecule has 0 N–H and O–H groups in total. The maximum atomic E-state index is 12.8. The number of imidazole rings is 1. The van der Waals surface area contributed by atoms with Crippen LogP contribution in [0.15, 0.2) is 23.8 Å². The number of amides is 1. The number of likely N-dealkylation sites (tertiary alicyclic amines) is 1. The third-order valence-corrected chi connectivity index (χ3v) is 6.18. The fraction of sp³-hybridized carbons (Fsp3) is 0.556. The zero-order valence-corrected chi connectivity index (χ0v) is 14.8. The topological polar surface area (TPSA) is 47.4 Å². The molecule has 0 aromatic carbocycles. The Kier molecular flexibility index (Phi) is 4.41. The highest BCUT2D eigenvalue weighted by atomic mass is 32.1. The van der Waals surface area contributed by atoms with Crippen LogP contribution in [0.25, 0.3) is 0 Å². The molecule has 6 heteroatoms. The number of piperidine rings is 1. The average Bonchev–Trinajstić information content (AvgIpc) is 3.24. The van der Waals surface area contributed by atoms with Crippen molar-refractivity contribution in [1.82, 2.24) is 14.5 Å². The van der Waals surface area contributed by atoms with E-state index < -0.39 is 0 Å². The minimum absolute atomic E-state index is 0.0587. The van der Waals surface area contributed by atoms with Gasteiger partial charge in [0.1, 0.15) is 11.9 Å². The van der Waals surface area contributed by atoms with Gasteiger partial charge in [0, 0.05) is 30.4 Å². The molecule has 0 aliphatic carbocycles. The summed E-state index contributed by atoms with van der Waals surface area (Å²) in [6, 6.07) is 2.51. The third kappa shape index (κ3) is 3.00. The van der Waals surface area contributed by atoms with Gasteiger partial charge in [0.2, 0.25) is 5.91 Å². The van der Waals surface area contributed by atoms with Gasteiger partial charge in [-0.2, -0.15) is 0 Å². The van der Waals surface area contributed by atoms with Crippen LogP contribution < -0.4 is 0 Å². The van der Waals surface area contributed by atoms with Crippen LogP contribution in [0, 0.1) is 6.92 Å². The Hall–Kier alpha value is -1.66. The Bertz CT molecular complexity index is 723. The molecular weight excluding hydrogens is 322 g/mol. The summed E-state index contributed by atoms with van der Waals surface area (Å²) in [6.07, 6.45) is 7.38. The number of ether oxygens (including phenoxy) is 1. The quantitative estimate of drug-likeness (QED) is 0.859. The highest BCUT2D eigenvalue weighted by molar-refractivity contribution is 7.10. The smallest absolute Gasteiger partial charge is 0.225 e. The summed E-state index contributed by atoms with van der Waals surface area (Å²) in [5.74, 6) is 1.23. The van der Waals surface area contributed by atoms with E-state index in [-0.39, 0.29) is 12.0 Å². The zero-order chi connectivity index (χ0) is 16.5. The number of nitrogens with zero attached hydrogens (tertiary/aromatic N) is 3. The van der Waals surface area contributed by atoms with Gasteiger partial charge in [-0.3, -0.25) is 4.79 Å². The number of carbonyl (C=O) groups excluding carboxylic acids is 1. The Morgan fingerprint density at radius 1 is 1.50 bits per heavy atom. The predicted octanol–water partition coefficient (Wildman–Crippen LogP) is 3.12. The van der Waals surface area contributed by atoms with Crippen LogP contribution in [-0.2, 0) is 16.0 Å². The van der Waals surface area contributed by atoms with Crippen LogP contribution in [0.3, 0.4) is 0 Å². The van der Waals surface area contributed by atoms with Crippen molar-refractivity contribution >= 4 is 17.2 Å². The Labute approximate surface area is 146 Å². The number of rotatable bonds is 3. The number of hydrogen-bond donors (Lipinski definition) is 0. The monoisotopic (exact) mass is 345 g/mol. The first-order valence-electron chi connectivity index (χ1n) is 8.67. The van der Waals surface area contributed by atoms with Crippen LogP contribution in [-0.4, -0.2) is 40.1 Å². The molecule has 1 saturated heterocycles. The van der Waals surface area contributed by atoms with Gasteiger partial charge < -0.3 is 14.2 Å². The summed E-state index contributed by atoms with van der Waals surface area (Å²) in [4.78, 5) is 20.4. The van der Waals surface area contributed by atoms with Crippen LogP contribution in [0.1, 0.15) is 47.7 Å². The van der Waals surface area contributed by atoms with E-state index in [2.05, 4.69) is 21.0 Å². The first-order chi connectivity index (χ1) is 11.7. The first-order valence-corrected chi connectivity index (χ1v) is 9.55. The molecule has 4 rings (SSSR count). The van der Waals surface area contributed by atoms with Crippen molar-refractivity contribution in [1.29, 1.82) is 0 Å². The van der Waals surface area contributed by atoms with Crippen molar-refractivity contribution in [3.63, 3.8) is 0 Å². The molecule has 0 unspecified atom stereocenters. The van der Waals surface area contributed by atoms with Crippen LogP contribution in [0.4, 0.5) is 0 Å². The molecule has 1 fully saturated rings. The summed E-state index contributed by atoms with van der Waals surface area (Å²) in [7, 11) is 0. The third-order valence-electron chi connectivity index (χ3n) is 5.13. The lowest BCUT2D eigenvalue weighted by atomic mass is 10.0. The van der Waals surface area contributed by atoms with Crippen molar-refractivity contribution < 1.29 is 9.53 Å². The van der Waals surface area contributed by atoms with Gasteiger partial charge in [0.15, 0.2) is 0 Å². The van der Waals surface area contributed by atoms with Crippen LogP contribution in [0.5, 0.6) is 0 Å². The van der Waals surface area contributed by atoms with E-state index in [9.17, 15) is 4.79 Å². The van der Waals surface area contributed by atoms with Crippen molar-refractivity contribution in [2.24, 2.45) is 0 Å². The van der Waals surface area contributed by atoms with Crippen LogP contribution >= 0.6 is 11.3 Å². The second-order valence-corrected chi connectivity index (χ2v) is 7.59. The van der Waals surface area contributed by atoms with Crippen molar-refractivity contribution in [3.05, 3.63) is 40.1 Å². The molecule has 0 saturated carbocycles. The Balaban J connectivity index is 1.43. The molecule has 1 amide bonds. The largest absolute Gasteiger partial charge is 0.372 e. The number of thiophene rings is 1. The maximum absolute atomic E-state index is 12.8. The molecule has 4 heterocycles. The SMILES string of the molecule is Cc1nccn1[C@@H]1CCCN(C(=O)C[C@H]2OCCc3ccsc32)C1. The van der Waals surface area contributed by atoms with Gasteiger partial charge in [-0.05, 0) is 43.2 Å². The lowest BCUT2D eigenvalue weighted by Crippen LogP contribution is -2.41. The number of aromatic nitrogens is 2. The highest BCUT2D eigenvalue weighted by Gasteiger charge is 2.30. The molecular formula is C18H23N3O2S. The first kappa shape index (κ1) is 15.8. The maximum Gasteiger partial charge on any atom is 0.225 e. The molecule has 0 bridgehead atoms. The number of hydrogen-bond acceptors (Lipinski definition) is 4. The average molecular weight is 345 g/mol. The summed E-state index contributed by atoms with van der Waals surface area (Å²) in [5.41, 5.74) is 1.36. The molecule has 24 heavy (non-hydrogen) atoms. The zero-order valence-electron chi connectivity index (χ0n) is 14.0. The standard InChI is InChI=1S/C18H23N3O2S/c1-13-19-6-8-21(13)15-3-2-7-20(12-15)17(22)11-16-18-14(4-9-23-16)5-10-24-18/h5-6,8,10,15-16H,2-4,7,9,11-12H2,1H3/t15-,16-/m1/s1. The minimum Gasteiger partial charge on any atom is -0.372 e. The summed E-state index contributed by atoms with van der Waals surface area (Å²) >= 11 is 1.71. The van der Waals surface area contributed by atoms with Crippen molar-refractivity contribution in [2.75, 3.05) is 19.7 Å². The fourth-order valence-corrected chi connectivity index (χ4v) is 4.85. The molecule has 0 spiro atoms. The van der Waals surface area contributed by atoms with Gasteiger partial charge in [0.25, 0.3) is 0 Å². The molecule has 2 aliphatic rings. The molecule has 2 aromatic heterocycles. The highest BCUT2D eigenvalue weighted by Crippen LogP contribution is 2.34. The second kappa shape index (κ2) is 6.69. The van der Waals surface area contributed by atoms with E-state index in [0.717, 1.165) is 44.8 Å². The van der Waals surface area contributed by atoms with E-state index in [4.69, 9.17) is 4.74 Å². The Morgan fingerprint density at radius 2 is 2.42 bits per heavy atom. The molecule has 0 radical (unpaired) electrons. The normalized spacial score (nSPS) is 24.0. The van der Waals surface area contributed by atoms with E-state index in [1.165, 1.54) is 10.4 Å². The number of carbonyl (C=O) groups is 1. The van der Waals surface area contributed by atoms with Gasteiger partial charge in [-0.25, -0.2) is 4.98 Å². The van der Waals surface area contributed by atoms with Gasteiger partial charge in [-0.1, -0.05) is 0 Å². The molecule has 5 nitrogen and oxygen atoms in total. The predicted molar refractivity (Wildman–Crippen MR) is 93.1 cm³/mol. The molecule has 2 aromatic rings. The molecule has 2 aliphatic heterocycles. The van der Waals surface area contributed by atoms with Crippen molar-refractivity contribution in [3.8, 4) is 0 Å². The fourth-order valence-electron chi connectivity index (χ4n) is 3.84. The van der Waals surface area contributed by atoms with Crippen LogP contribution in [0.2, 0.25) is 0 Å². The van der Waals surface area contributed by atoms with Gasteiger partial charge in [0.05, 0.1) is 19.1 Å². The molecule has 128 valence electrons.